The van der Waals surface area contributed by atoms with Crippen molar-refractivity contribution in [1.82, 2.24) is 20.1 Å². The molecule has 0 bridgehead atoms. The van der Waals surface area contributed by atoms with Crippen LogP contribution >= 0.6 is 11.5 Å². The van der Waals surface area contributed by atoms with Gasteiger partial charge < -0.3 is 5.32 Å². The lowest BCUT2D eigenvalue weighted by Crippen LogP contribution is -2.32. The minimum absolute atomic E-state index is 0.0448. The van der Waals surface area contributed by atoms with Crippen molar-refractivity contribution in [3.63, 3.8) is 0 Å². The molecule has 1 fully saturated rings. The van der Waals surface area contributed by atoms with E-state index in [-0.39, 0.29) is 16.9 Å². The molecule has 2 N–H and O–H groups in total. The summed E-state index contributed by atoms with van der Waals surface area (Å²) in [6.07, 6.45) is 1.93. The van der Waals surface area contributed by atoms with Gasteiger partial charge in [0.25, 0.3) is 0 Å². The van der Waals surface area contributed by atoms with Gasteiger partial charge in [-0.05, 0) is 24.6 Å². The van der Waals surface area contributed by atoms with Crippen LogP contribution in [0.4, 0.5) is 5.13 Å². The van der Waals surface area contributed by atoms with E-state index in [9.17, 15) is 8.42 Å². The summed E-state index contributed by atoms with van der Waals surface area (Å²) < 4.78 is 29.0. The predicted molar refractivity (Wildman–Crippen MR) is 56.1 cm³/mol. The Bertz CT molecular complexity index is 397. The van der Waals surface area contributed by atoms with Crippen LogP contribution in [0, 0.1) is 0 Å². The molecule has 84 valence electrons. The first-order chi connectivity index (χ1) is 7.16. The number of anilines is 1. The number of hydrogen-bond donors (Lipinski definition) is 2. The minimum atomic E-state index is -3.33. The summed E-state index contributed by atoms with van der Waals surface area (Å²) in [5.74, 6) is 0.0760. The molecule has 0 aliphatic carbocycles. The predicted octanol–water partition coefficient (Wildman–Crippen LogP) is -0.573. The fourth-order valence-corrected chi connectivity index (χ4v) is 3.47. The van der Waals surface area contributed by atoms with Crippen molar-refractivity contribution < 1.29 is 8.42 Å². The van der Waals surface area contributed by atoms with Crippen molar-refractivity contribution in [2.45, 2.75) is 18.9 Å². The molecule has 7 nitrogen and oxygen atoms in total. The molecule has 0 amide bonds. The number of rotatable bonds is 4. The molecule has 0 spiro atoms. The molecule has 15 heavy (non-hydrogen) atoms. The van der Waals surface area contributed by atoms with Crippen LogP contribution in [0.5, 0.6) is 0 Å². The summed E-state index contributed by atoms with van der Waals surface area (Å²) in [5.41, 5.74) is 0. The van der Waals surface area contributed by atoms with Gasteiger partial charge in [0, 0.05) is 17.6 Å². The zero-order valence-corrected chi connectivity index (χ0v) is 9.51. The second kappa shape index (κ2) is 4.37. The van der Waals surface area contributed by atoms with E-state index in [0.717, 1.165) is 30.9 Å². The summed E-state index contributed by atoms with van der Waals surface area (Å²) in [4.78, 5) is 0. The Balaban J connectivity index is 1.94. The lowest BCUT2D eigenvalue weighted by molar-refractivity contribution is 0.581. The minimum Gasteiger partial charge on any atom is -0.313 e. The maximum Gasteiger partial charge on any atom is 0.238 e. The summed E-state index contributed by atoms with van der Waals surface area (Å²) in [5, 5.41) is 10.2. The van der Waals surface area contributed by atoms with Crippen molar-refractivity contribution in [3.05, 3.63) is 0 Å². The monoisotopic (exact) mass is 249 g/mol. The highest BCUT2D eigenvalue weighted by atomic mass is 32.2. The molecule has 1 atom stereocenters. The zero-order valence-electron chi connectivity index (χ0n) is 7.88. The third kappa shape index (κ3) is 3.08. The summed E-state index contributed by atoms with van der Waals surface area (Å²) in [6.45, 7) is 0.889. The molecular weight excluding hydrogens is 238 g/mol. The van der Waals surface area contributed by atoms with E-state index in [1.54, 1.807) is 0 Å². The van der Waals surface area contributed by atoms with Crippen LogP contribution in [0.1, 0.15) is 12.8 Å². The van der Waals surface area contributed by atoms with E-state index < -0.39 is 10.0 Å². The Morgan fingerprint density at radius 2 is 2.47 bits per heavy atom. The van der Waals surface area contributed by atoms with E-state index >= 15 is 0 Å². The van der Waals surface area contributed by atoms with E-state index in [1.807, 2.05) is 0 Å². The van der Waals surface area contributed by atoms with Gasteiger partial charge in [-0.2, -0.15) is 0 Å². The molecule has 1 aliphatic heterocycles. The number of nitrogens with zero attached hydrogens (tertiary/aromatic N) is 3. The van der Waals surface area contributed by atoms with Crippen LogP contribution in [0.2, 0.25) is 0 Å². The highest BCUT2D eigenvalue weighted by Crippen LogP contribution is 2.11. The van der Waals surface area contributed by atoms with Crippen LogP contribution in [0.15, 0.2) is 0 Å². The summed E-state index contributed by atoms with van der Waals surface area (Å²) in [6, 6.07) is 0.0448. The van der Waals surface area contributed by atoms with Gasteiger partial charge in [-0.25, -0.2) is 8.42 Å². The third-order valence-corrected chi connectivity index (χ3v) is 4.11. The van der Waals surface area contributed by atoms with Crippen molar-refractivity contribution in [3.8, 4) is 0 Å². The summed E-state index contributed by atoms with van der Waals surface area (Å²) >= 11 is 0.925. The van der Waals surface area contributed by atoms with Crippen molar-refractivity contribution >= 4 is 26.7 Å². The van der Waals surface area contributed by atoms with Crippen molar-refractivity contribution in [1.29, 1.82) is 0 Å². The SMILES string of the molecule is O=S(=O)(CC1CCCN1)Nc1nnns1. The van der Waals surface area contributed by atoms with Crippen LogP contribution in [-0.4, -0.2) is 41.6 Å². The lowest BCUT2D eigenvalue weighted by atomic mass is 10.3. The molecule has 0 radical (unpaired) electrons. The number of nitrogens with one attached hydrogen (secondary N) is 2. The Morgan fingerprint density at radius 1 is 1.60 bits per heavy atom. The second-order valence-corrected chi connectivity index (χ2v) is 5.84. The van der Waals surface area contributed by atoms with Crippen LogP contribution < -0.4 is 10.0 Å². The quantitative estimate of drug-likeness (QED) is 0.741. The summed E-state index contributed by atoms with van der Waals surface area (Å²) in [7, 11) is -3.33. The largest absolute Gasteiger partial charge is 0.313 e. The molecular formula is C6H11N5O2S2. The average Bonchev–Trinajstić information content (AvgIpc) is 2.75. The first-order valence-electron chi connectivity index (χ1n) is 4.55. The fourth-order valence-electron chi connectivity index (χ4n) is 1.51. The maximum atomic E-state index is 11.6. The van der Waals surface area contributed by atoms with E-state index in [1.165, 1.54) is 0 Å². The molecule has 1 saturated heterocycles. The molecule has 2 rings (SSSR count). The Morgan fingerprint density at radius 3 is 3.07 bits per heavy atom. The topological polar surface area (TPSA) is 96.9 Å². The standard InChI is InChI=1S/C6H11N5O2S2/c12-15(13,4-5-2-1-3-7-5)9-6-8-10-11-14-6/h5,7H,1-4H2,(H,8,9,11). The van der Waals surface area contributed by atoms with Gasteiger partial charge in [-0.15, -0.1) is 0 Å². The number of aromatic nitrogens is 3. The van der Waals surface area contributed by atoms with Gasteiger partial charge in [0.15, 0.2) is 0 Å². The Hall–Kier alpha value is -0.800. The Labute approximate surface area is 91.5 Å². The van der Waals surface area contributed by atoms with Gasteiger partial charge in [-0.1, -0.05) is 9.59 Å². The molecule has 2 heterocycles. The zero-order chi connectivity index (χ0) is 10.7. The highest BCUT2D eigenvalue weighted by Gasteiger charge is 2.22. The number of sulfonamides is 1. The molecule has 1 aliphatic rings. The van der Waals surface area contributed by atoms with Crippen LogP contribution in [0.25, 0.3) is 0 Å². The van der Waals surface area contributed by atoms with E-state index in [4.69, 9.17) is 0 Å². The third-order valence-electron chi connectivity index (χ3n) is 2.13. The first kappa shape index (κ1) is 10.7. The molecule has 0 saturated carbocycles. The van der Waals surface area contributed by atoms with Gasteiger partial charge >= 0.3 is 0 Å². The molecule has 1 aromatic rings. The molecule has 0 aromatic carbocycles. The normalized spacial score (nSPS) is 21.7. The van der Waals surface area contributed by atoms with E-state index in [0.29, 0.717) is 0 Å². The Kier molecular flexibility index (Phi) is 3.12. The van der Waals surface area contributed by atoms with Gasteiger partial charge in [0.1, 0.15) is 0 Å². The van der Waals surface area contributed by atoms with Crippen molar-refractivity contribution in [2.24, 2.45) is 0 Å². The molecule has 9 heteroatoms. The van der Waals surface area contributed by atoms with Gasteiger partial charge in [0.05, 0.1) is 5.75 Å². The lowest BCUT2D eigenvalue weighted by Gasteiger charge is -2.10. The van der Waals surface area contributed by atoms with Crippen molar-refractivity contribution in [2.75, 3.05) is 17.0 Å². The van der Waals surface area contributed by atoms with Crippen LogP contribution in [0.3, 0.4) is 0 Å². The van der Waals surface area contributed by atoms with E-state index in [2.05, 4.69) is 24.8 Å². The molecule has 1 aromatic heterocycles. The fraction of sp³-hybridized carbons (Fsp3) is 0.833. The average molecular weight is 249 g/mol. The smallest absolute Gasteiger partial charge is 0.238 e. The van der Waals surface area contributed by atoms with Gasteiger partial charge in [0.2, 0.25) is 15.2 Å². The van der Waals surface area contributed by atoms with Gasteiger partial charge in [-0.3, -0.25) is 4.72 Å². The number of hydrogen-bond acceptors (Lipinski definition) is 7. The highest BCUT2D eigenvalue weighted by molar-refractivity contribution is 7.92. The maximum absolute atomic E-state index is 11.6. The molecule has 1 unspecified atom stereocenters. The van der Waals surface area contributed by atoms with Crippen LogP contribution in [-0.2, 0) is 10.0 Å². The second-order valence-electron chi connectivity index (χ2n) is 3.34. The first-order valence-corrected chi connectivity index (χ1v) is 6.97.